The van der Waals surface area contributed by atoms with Gasteiger partial charge in [-0.25, -0.2) is 0 Å². The highest BCUT2D eigenvalue weighted by molar-refractivity contribution is 6.21. The topological polar surface area (TPSA) is 50.3 Å². The minimum atomic E-state index is -0.141. The van der Waals surface area contributed by atoms with Crippen molar-refractivity contribution in [2.75, 3.05) is 0 Å². The number of imide groups is 1. The van der Waals surface area contributed by atoms with E-state index in [2.05, 4.69) is 11.1 Å². The number of carbonyl (C=O) groups excluding carboxylic acids is 2. The highest BCUT2D eigenvalue weighted by Gasteiger charge is 2.42. The number of benzene rings is 1. The molecule has 4 heteroatoms. The normalized spacial score (nSPS) is 23.9. The van der Waals surface area contributed by atoms with Crippen LogP contribution in [-0.4, -0.2) is 27.7 Å². The number of rotatable bonds is 2. The van der Waals surface area contributed by atoms with Gasteiger partial charge in [0.2, 0.25) is 0 Å². The third kappa shape index (κ3) is 1.95. The van der Waals surface area contributed by atoms with Crippen molar-refractivity contribution in [3.63, 3.8) is 0 Å². The Balaban J connectivity index is 1.58. The Morgan fingerprint density at radius 1 is 0.955 bits per heavy atom. The number of fused-ring (bicyclic) bond motifs is 1. The van der Waals surface area contributed by atoms with E-state index in [1.807, 2.05) is 12.3 Å². The number of aromatic nitrogens is 1. The predicted octanol–water partition coefficient (Wildman–Crippen LogP) is 3.01. The van der Waals surface area contributed by atoms with Crippen LogP contribution in [0.2, 0.25) is 0 Å². The molecule has 0 spiro atoms. The van der Waals surface area contributed by atoms with Crippen molar-refractivity contribution in [2.24, 2.45) is 0 Å². The molecule has 0 N–H and O–H groups in total. The third-order valence-electron chi connectivity index (χ3n) is 4.75. The molecule has 2 aliphatic rings. The maximum atomic E-state index is 12.5. The zero-order chi connectivity index (χ0) is 15.1. The van der Waals surface area contributed by atoms with Crippen molar-refractivity contribution in [3.05, 3.63) is 65.5 Å². The van der Waals surface area contributed by atoms with Crippen LogP contribution in [0, 0.1) is 0 Å². The number of pyridine rings is 1. The molecule has 1 aliphatic carbocycles. The van der Waals surface area contributed by atoms with Crippen molar-refractivity contribution < 1.29 is 9.59 Å². The van der Waals surface area contributed by atoms with Gasteiger partial charge in [-0.05, 0) is 48.9 Å². The summed E-state index contributed by atoms with van der Waals surface area (Å²) in [6.45, 7) is 0. The average molecular weight is 292 g/mol. The molecule has 2 unspecified atom stereocenters. The summed E-state index contributed by atoms with van der Waals surface area (Å²) in [6, 6.07) is 11.1. The summed E-state index contributed by atoms with van der Waals surface area (Å²) in [5.41, 5.74) is 2.27. The van der Waals surface area contributed by atoms with E-state index < -0.39 is 0 Å². The van der Waals surface area contributed by atoms with Crippen LogP contribution >= 0.6 is 0 Å². The quantitative estimate of drug-likeness (QED) is 0.799. The molecule has 4 rings (SSSR count). The lowest BCUT2D eigenvalue weighted by Crippen LogP contribution is -2.38. The van der Waals surface area contributed by atoms with Gasteiger partial charge < -0.3 is 0 Å². The fourth-order valence-corrected chi connectivity index (χ4v) is 3.65. The van der Waals surface area contributed by atoms with Crippen LogP contribution < -0.4 is 0 Å². The molecule has 1 aromatic heterocycles. The fourth-order valence-electron chi connectivity index (χ4n) is 3.65. The molecule has 2 atom stereocenters. The summed E-state index contributed by atoms with van der Waals surface area (Å²) >= 11 is 0. The Morgan fingerprint density at radius 2 is 1.68 bits per heavy atom. The van der Waals surface area contributed by atoms with Crippen LogP contribution in [0.5, 0.6) is 0 Å². The van der Waals surface area contributed by atoms with E-state index in [0.717, 1.165) is 19.3 Å². The summed E-state index contributed by atoms with van der Waals surface area (Å²) in [6.07, 6.45) is 6.33. The van der Waals surface area contributed by atoms with Crippen LogP contribution in [0.25, 0.3) is 0 Å². The SMILES string of the molecule is O=C1c2ccccc2C(=O)N1C1CCC(c2cccnc2)C1. The molecule has 4 nitrogen and oxygen atoms in total. The van der Waals surface area contributed by atoms with Crippen molar-refractivity contribution in [3.8, 4) is 0 Å². The minimum absolute atomic E-state index is 0.00222. The fraction of sp³-hybridized carbons (Fsp3) is 0.278. The molecule has 1 aromatic carbocycles. The number of amides is 2. The van der Waals surface area contributed by atoms with Crippen molar-refractivity contribution >= 4 is 11.8 Å². The van der Waals surface area contributed by atoms with E-state index in [-0.39, 0.29) is 17.9 Å². The van der Waals surface area contributed by atoms with Crippen LogP contribution in [0.15, 0.2) is 48.8 Å². The van der Waals surface area contributed by atoms with Crippen LogP contribution in [0.1, 0.15) is 51.5 Å². The van der Waals surface area contributed by atoms with Gasteiger partial charge in [0, 0.05) is 18.4 Å². The first-order valence-electron chi connectivity index (χ1n) is 7.62. The van der Waals surface area contributed by atoms with E-state index >= 15 is 0 Å². The first kappa shape index (κ1) is 13.2. The Hall–Kier alpha value is -2.49. The van der Waals surface area contributed by atoms with Crippen molar-refractivity contribution in [1.82, 2.24) is 9.88 Å². The second-order valence-corrected chi connectivity index (χ2v) is 5.98. The van der Waals surface area contributed by atoms with Gasteiger partial charge >= 0.3 is 0 Å². The number of hydrogen-bond acceptors (Lipinski definition) is 3. The van der Waals surface area contributed by atoms with Gasteiger partial charge in [0.05, 0.1) is 11.1 Å². The summed E-state index contributed by atoms with van der Waals surface area (Å²) < 4.78 is 0. The highest BCUT2D eigenvalue weighted by Crippen LogP contribution is 2.39. The zero-order valence-electron chi connectivity index (χ0n) is 12.1. The van der Waals surface area contributed by atoms with Gasteiger partial charge in [0.25, 0.3) is 11.8 Å². The molecule has 0 bridgehead atoms. The van der Waals surface area contributed by atoms with Crippen LogP contribution in [0.3, 0.4) is 0 Å². The molecule has 2 amide bonds. The summed E-state index contributed by atoms with van der Waals surface area (Å²) in [5.74, 6) is 0.0953. The molecule has 1 aliphatic heterocycles. The lowest BCUT2D eigenvalue weighted by Gasteiger charge is -2.22. The van der Waals surface area contributed by atoms with E-state index in [9.17, 15) is 9.59 Å². The maximum absolute atomic E-state index is 12.5. The number of carbonyl (C=O) groups is 2. The average Bonchev–Trinajstić information content (AvgIpc) is 3.13. The number of nitrogens with zero attached hydrogens (tertiary/aromatic N) is 2. The third-order valence-corrected chi connectivity index (χ3v) is 4.75. The van der Waals surface area contributed by atoms with Gasteiger partial charge in [-0.15, -0.1) is 0 Å². The second-order valence-electron chi connectivity index (χ2n) is 5.98. The first-order valence-corrected chi connectivity index (χ1v) is 7.62. The molecule has 22 heavy (non-hydrogen) atoms. The van der Waals surface area contributed by atoms with Crippen molar-refractivity contribution in [1.29, 1.82) is 0 Å². The van der Waals surface area contributed by atoms with Gasteiger partial charge in [0.15, 0.2) is 0 Å². The van der Waals surface area contributed by atoms with E-state index in [0.29, 0.717) is 17.0 Å². The summed E-state index contributed by atoms with van der Waals surface area (Å²) in [7, 11) is 0. The lowest BCUT2D eigenvalue weighted by molar-refractivity contribution is 0.0586. The molecule has 0 saturated heterocycles. The maximum Gasteiger partial charge on any atom is 0.261 e. The Bertz CT molecular complexity index is 707. The molecule has 0 radical (unpaired) electrons. The summed E-state index contributed by atoms with van der Waals surface area (Å²) in [5, 5.41) is 0. The van der Waals surface area contributed by atoms with Gasteiger partial charge in [-0.3, -0.25) is 19.5 Å². The molecular weight excluding hydrogens is 276 g/mol. The second kappa shape index (κ2) is 5.05. The van der Waals surface area contributed by atoms with Crippen molar-refractivity contribution in [2.45, 2.75) is 31.2 Å². The largest absolute Gasteiger partial charge is 0.271 e. The monoisotopic (exact) mass is 292 g/mol. The first-order chi connectivity index (χ1) is 10.8. The minimum Gasteiger partial charge on any atom is -0.271 e. The predicted molar refractivity (Wildman–Crippen MR) is 81.6 cm³/mol. The zero-order valence-corrected chi connectivity index (χ0v) is 12.1. The Morgan fingerprint density at radius 3 is 2.32 bits per heavy atom. The molecule has 2 aromatic rings. The molecule has 110 valence electrons. The smallest absolute Gasteiger partial charge is 0.261 e. The Kier molecular flexibility index (Phi) is 3.03. The van der Waals surface area contributed by atoms with Gasteiger partial charge in [-0.1, -0.05) is 18.2 Å². The Labute approximate surface area is 128 Å². The van der Waals surface area contributed by atoms with Crippen LogP contribution in [0.4, 0.5) is 0 Å². The van der Waals surface area contributed by atoms with Gasteiger partial charge in [0.1, 0.15) is 0 Å². The highest BCUT2D eigenvalue weighted by atomic mass is 16.2. The molecule has 1 fully saturated rings. The lowest BCUT2D eigenvalue weighted by atomic mass is 9.99. The molecular formula is C18H16N2O2. The van der Waals surface area contributed by atoms with E-state index in [1.54, 1.807) is 30.5 Å². The van der Waals surface area contributed by atoms with Gasteiger partial charge in [-0.2, -0.15) is 0 Å². The standard InChI is InChI=1S/C18H16N2O2/c21-17-15-5-1-2-6-16(15)18(22)20(17)14-8-7-12(10-14)13-4-3-9-19-11-13/h1-6,9,11-12,14H,7-8,10H2. The van der Waals surface area contributed by atoms with E-state index in [4.69, 9.17) is 0 Å². The van der Waals surface area contributed by atoms with E-state index in [1.165, 1.54) is 10.5 Å². The summed E-state index contributed by atoms with van der Waals surface area (Å²) in [4.78, 5) is 30.7. The molecule has 2 heterocycles. The van der Waals surface area contributed by atoms with Crippen LogP contribution in [-0.2, 0) is 0 Å². The number of hydrogen-bond donors (Lipinski definition) is 0. The molecule has 1 saturated carbocycles.